The quantitative estimate of drug-likeness (QED) is 0.637. The molecule has 3 aromatic heterocycles. The number of hydrogen-bond donors (Lipinski definition) is 0. The van der Waals surface area contributed by atoms with Gasteiger partial charge >= 0.3 is 5.69 Å². The first-order valence-corrected chi connectivity index (χ1v) is 11.4. The highest BCUT2D eigenvalue weighted by atomic mass is 16.2. The van der Waals surface area contributed by atoms with E-state index in [1.165, 1.54) is 32.1 Å². The predicted molar refractivity (Wildman–Crippen MR) is 119 cm³/mol. The Hall–Kier alpha value is -2.96. The molecule has 0 spiro atoms. The lowest BCUT2D eigenvalue weighted by Crippen LogP contribution is -2.33. The smallest absolute Gasteiger partial charge is 0.330 e. The van der Waals surface area contributed by atoms with Gasteiger partial charge in [-0.1, -0.05) is 19.3 Å². The zero-order valence-electron chi connectivity index (χ0n) is 17.8. The van der Waals surface area contributed by atoms with Crippen molar-refractivity contribution in [2.24, 2.45) is 5.92 Å². The van der Waals surface area contributed by atoms with Crippen LogP contribution in [0.15, 0.2) is 47.7 Å². The lowest BCUT2D eigenvalue weighted by molar-refractivity contribution is -0.129. The zero-order chi connectivity index (χ0) is 21.2. The number of amides is 1. The second-order valence-electron chi connectivity index (χ2n) is 8.93. The average Bonchev–Trinajstić information content (AvgIpc) is 3.39. The Morgan fingerprint density at radius 2 is 1.84 bits per heavy atom. The van der Waals surface area contributed by atoms with Gasteiger partial charge in [-0.25, -0.2) is 9.78 Å². The molecule has 0 radical (unpaired) electrons. The normalized spacial score (nSPS) is 19.9. The molecule has 1 saturated carbocycles. The molecule has 7 nitrogen and oxygen atoms in total. The summed E-state index contributed by atoms with van der Waals surface area (Å²) >= 11 is 0. The van der Waals surface area contributed by atoms with Gasteiger partial charge in [-0.15, -0.1) is 0 Å². The van der Waals surface area contributed by atoms with E-state index < -0.39 is 0 Å². The molecule has 7 heteroatoms. The number of hydrogen-bond acceptors (Lipinski definition) is 4. The molecule has 2 aliphatic rings. The third-order valence-corrected chi connectivity index (χ3v) is 6.87. The molecule has 0 aromatic carbocycles. The van der Waals surface area contributed by atoms with Gasteiger partial charge in [0.2, 0.25) is 5.91 Å². The van der Waals surface area contributed by atoms with Gasteiger partial charge < -0.3 is 4.90 Å². The summed E-state index contributed by atoms with van der Waals surface area (Å²) in [7, 11) is 0. The fourth-order valence-electron chi connectivity index (χ4n) is 5.21. The molecule has 0 unspecified atom stereocenters. The van der Waals surface area contributed by atoms with E-state index in [1.54, 1.807) is 18.6 Å². The molecule has 5 rings (SSSR count). The SMILES string of the molecule is O=C(Cc1ccncc1)N1CC[C@@H](n2c(=O)n(CC3CCCCC3)c3cccnc32)C1. The zero-order valence-corrected chi connectivity index (χ0v) is 17.8. The number of aromatic nitrogens is 4. The van der Waals surface area contributed by atoms with Gasteiger partial charge in [0, 0.05) is 38.2 Å². The van der Waals surface area contributed by atoms with Gasteiger partial charge in [-0.2, -0.15) is 0 Å². The third kappa shape index (κ3) is 4.01. The standard InChI is InChI=1S/C24H29N5O2/c30-22(15-18-8-12-25-13-9-18)27-14-10-20(17-27)29-23-21(7-4-11-26-23)28(24(29)31)16-19-5-2-1-3-6-19/h4,7-9,11-13,19-20H,1-3,5-6,10,14-17H2/t20-/m1/s1. The number of fused-ring (bicyclic) bond motifs is 1. The molecule has 162 valence electrons. The van der Waals surface area contributed by atoms with E-state index in [9.17, 15) is 9.59 Å². The molecule has 1 atom stereocenters. The molecule has 0 N–H and O–H groups in total. The van der Waals surface area contributed by atoms with Crippen molar-refractivity contribution in [2.75, 3.05) is 13.1 Å². The van der Waals surface area contributed by atoms with Gasteiger partial charge in [0.05, 0.1) is 18.0 Å². The van der Waals surface area contributed by atoms with E-state index in [0.29, 0.717) is 25.4 Å². The maximum atomic E-state index is 13.5. The highest BCUT2D eigenvalue weighted by molar-refractivity contribution is 5.79. The number of carbonyl (C=O) groups excluding carboxylic acids is 1. The first kappa shape index (κ1) is 20.0. The van der Waals surface area contributed by atoms with E-state index in [-0.39, 0.29) is 17.6 Å². The van der Waals surface area contributed by atoms with Crippen molar-refractivity contribution >= 4 is 17.1 Å². The number of pyridine rings is 2. The molecular weight excluding hydrogens is 390 g/mol. The molecule has 1 aliphatic heterocycles. The second kappa shape index (κ2) is 8.65. The molecule has 1 aliphatic carbocycles. The maximum Gasteiger partial charge on any atom is 0.330 e. The van der Waals surface area contributed by atoms with Crippen LogP contribution in [0, 0.1) is 5.92 Å². The van der Waals surface area contributed by atoms with Crippen LogP contribution in [0.1, 0.15) is 50.1 Å². The molecular formula is C24H29N5O2. The Kier molecular flexibility index (Phi) is 5.57. The highest BCUT2D eigenvalue weighted by Gasteiger charge is 2.31. The maximum absolute atomic E-state index is 13.5. The van der Waals surface area contributed by atoms with E-state index in [1.807, 2.05) is 38.3 Å². The summed E-state index contributed by atoms with van der Waals surface area (Å²) in [6, 6.07) is 7.63. The van der Waals surface area contributed by atoms with Crippen molar-refractivity contribution in [2.45, 2.75) is 57.5 Å². The van der Waals surface area contributed by atoms with Crippen LogP contribution in [0.4, 0.5) is 0 Å². The van der Waals surface area contributed by atoms with Crippen molar-refractivity contribution in [3.63, 3.8) is 0 Å². The number of rotatable bonds is 5. The summed E-state index contributed by atoms with van der Waals surface area (Å²) in [6.07, 6.45) is 12.5. The van der Waals surface area contributed by atoms with Crippen LogP contribution in [0.2, 0.25) is 0 Å². The Bertz CT molecular complexity index is 1110. The van der Waals surface area contributed by atoms with Crippen LogP contribution >= 0.6 is 0 Å². The summed E-state index contributed by atoms with van der Waals surface area (Å²) in [6.45, 7) is 2.00. The van der Waals surface area contributed by atoms with E-state index in [2.05, 4.69) is 9.97 Å². The molecule has 2 fully saturated rings. The van der Waals surface area contributed by atoms with Crippen molar-refractivity contribution in [1.29, 1.82) is 0 Å². The van der Waals surface area contributed by atoms with E-state index >= 15 is 0 Å². The van der Waals surface area contributed by atoms with Crippen LogP contribution < -0.4 is 5.69 Å². The minimum absolute atomic E-state index is 0.0210. The van der Waals surface area contributed by atoms with Crippen LogP contribution in [0.3, 0.4) is 0 Å². The van der Waals surface area contributed by atoms with Gasteiger partial charge in [0.15, 0.2) is 5.65 Å². The first-order chi connectivity index (χ1) is 15.2. The van der Waals surface area contributed by atoms with Gasteiger partial charge in [0.25, 0.3) is 0 Å². The Balaban J connectivity index is 1.38. The summed E-state index contributed by atoms with van der Waals surface area (Å²) in [5, 5.41) is 0. The monoisotopic (exact) mass is 419 g/mol. The van der Waals surface area contributed by atoms with Crippen molar-refractivity contribution < 1.29 is 4.79 Å². The number of carbonyl (C=O) groups is 1. The summed E-state index contributed by atoms with van der Waals surface area (Å²) in [5.74, 6) is 0.661. The molecule has 1 saturated heterocycles. The Labute approximate surface area is 181 Å². The van der Waals surface area contributed by atoms with Crippen LogP contribution in [0.25, 0.3) is 11.2 Å². The topological polar surface area (TPSA) is 73.0 Å². The average molecular weight is 420 g/mol. The fraction of sp³-hybridized carbons (Fsp3) is 0.500. The lowest BCUT2D eigenvalue weighted by atomic mass is 9.89. The first-order valence-electron chi connectivity index (χ1n) is 11.4. The van der Waals surface area contributed by atoms with Crippen LogP contribution in [0.5, 0.6) is 0 Å². The van der Waals surface area contributed by atoms with Crippen molar-refractivity contribution in [3.8, 4) is 0 Å². The minimum atomic E-state index is -0.0288. The molecule has 31 heavy (non-hydrogen) atoms. The summed E-state index contributed by atoms with van der Waals surface area (Å²) in [4.78, 5) is 36.8. The Morgan fingerprint density at radius 1 is 1.03 bits per heavy atom. The fourth-order valence-corrected chi connectivity index (χ4v) is 5.21. The van der Waals surface area contributed by atoms with E-state index in [4.69, 9.17) is 0 Å². The van der Waals surface area contributed by atoms with Crippen LogP contribution in [-0.4, -0.2) is 43.0 Å². The number of nitrogens with zero attached hydrogens (tertiary/aromatic N) is 5. The summed E-state index contributed by atoms with van der Waals surface area (Å²) < 4.78 is 3.78. The van der Waals surface area contributed by atoms with Crippen molar-refractivity contribution in [3.05, 3.63) is 58.9 Å². The third-order valence-electron chi connectivity index (χ3n) is 6.87. The van der Waals surface area contributed by atoms with Gasteiger partial charge in [-0.3, -0.25) is 18.9 Å². The predicted octanol–water partition coefficient (Wildman–Crippen LogP) is 3.19. The van der Waals surface area contributed by atoms with E-state index in [0.717, 1.165) is 29.7 Å². The molecule has 0 bridgehead atoms. The van der Waals surface area contributed by atoms with Crippen LogP contribution in [-0.2, 0) is 17.8 Å². The minimum Gasteiger partial charge on any atom is -0.340 e. The highest BCUT2D eigenvalue weighted by Crippen LogP contribution is 2.28. The molecule has 1 amide bonds. The van der Waals surface area contributed by atoms with Gasteiger partial charge in [0.1, 0.15) is 0 Å². The molecule has 3 aromatic rings. The van der Waals surface area contributed by atoms with Gasteiger partial charge in [-0.05, 0) is 55.0 Å². The second-order valence-corrected chi connectivity index (χ2v) is 8.93. The number of likely N-dealkylation sites (tertiary alicyclic amines) is 1. The largest absolute Gasteiger partial charge is 0.340 e. The summed E-state index contributed by atoms with van der Waals surface area (Å²) in [5.41, 5.74) is 2.65. The molecule has 4 heterocycles. The van der Waals surface area contributed by atoms with Crippen molar-refractivity contribution in [1.82, 2.24) is 24.0 Å². The number of imidazole rings is 1. The lowest BCUT2D eigenvalue weighted by Gasteiger charge is -2.21. The Morgan fingerprint density at radius 3 is 2.65 bits per heavy atom.